The van der Waals surface area contributed by atoms with Gasteiger partial charge in [-0.15, -0.1) is 0 Å². The van der Waals surface area contributed by atoms with Gasteiger partial charge in [0.15, 0.2) is 11.4 Å². The third-order valence-electron chi connectivity index (χ3n) is 2.69. The number of fused-ring (bicyclic) bond motifs is 1. The summed E-state index contributed by atoms with van der Waals surface area (Å²) < 4.78 is 1.90. The summed E-state index contributed by atoms with van der Waals surface area (Å²) in [5.74, 6) is -0.0340. The van der Waals surface area contributed by atoms with Gasteiger partial charge in [0.25, 0.3) is 0 Å². The van der Waals surface area contributed by atoms with E-state index in [2.05, 4.69) is 4.98 Å². The van der Waals surface area contributed by atoms with Gasteiger partial charge in [0, 0.05) is 17.5 Å². The van der Waals surface area contributed by atoms with E-state index in [0.29, 0.717) is 16.9 Å². The first kappa shape index (κ1) is 9.71. The molecule has 0 bridgehead atoms. The maximum absolute atomic E-state index is 11.3. The lowest BCUT2D eigenvalue weighted by atomic mass is 10.1. The predicted molar refractivity (Wildman–Crippen MR) is 59.1 cm³/mol. The highest BCUT2D eigenvalue weighted by atomic mass is 16.1. The second kappa shape index (κ2) is 3.08. The van der Waals surface area contributed by atoms with Crippen molar-refractivity contribution >= 4 is 17.1 Å². The largest absolute Gasteiger partial charge is 0.395 e. The quantitative estimate of drug-likeness (QED) is 0.718. The first-order valence-electron chi connectivity index (χ1n) is 4.77. The number of anilines is 1. The molecule has 0 aliphatic rings. The number of aromatic nitrogens is 2. The molecule has 0 amide bonds. The van der Waals surface area contributed by atoms with Crippen molar-refractivity contribution in [2.75, 3.05) is 5.73 Å². The molecule has 78 valence electrons. The smallest absolute Gasteiger partial charge is 0.162 e. The van der Waals surface area contributed by atoms with Gasteiger partial charge in [0.05, 0.1) is 11.4 Å². The average molecular weight is 203 g/mol. The zero-order valence-electron chi connectivity index (χ0n) is 9.03. The number of ketones is 1. The van der Waals surface area contributed by atoms with Crippen LogP contribution in [0.4, 0.5) is 5.69 Å². The molecule has 0 fully saturated rings. The van der Waals surface area contributed by atoms with Crippen molar-refractivity contribution in [3.8, 4) is 0 Å². The number of nitrogens with zero attached hydrogens (tertiary/aromatic N) is 2. The Hall–Kier alpha value is -1.84. The molecule has 2 N–H and O–H groups in total. The van der Waals surface area contributed by atoms with E-state index in [0.717, 1.165) is 11.4 Å². The van der Waals surface area contributed by atoms with Crippen LogP contribution in [0.2, 0.25) is 0 Å². The van der Waals surface area contributed by atoms with Crippen LogP contribution in [0, 0.1) is 13.8 Å². The van der Waals surface area contributed by atoms with Crippen molar-refractivity contribution in [1.29, 1.82) is 0 Å². The maximum atomic E-state index is 11.3. The number of imidazole rings is 1. The summed E-state index contributed by atoms with van der Waals surface area (Å²) in [5, 5.41) is 0. The van der Waals surface area contributed by atoms with Crippen molar-refractivity contribution in [2.24, 2.45) is 0 Å². The molecule has 0 aliphatic carbocycles. The van der Waals surface area contributed by atoms with Gasteiger partial charge in [0.1, 0.15) is 0 Å². The van der Waals surface area contributed by atoms with Crippen LogP contribution >= 0.6 is 0 Å². The lowest BCUT2D eigenvalue weighted by Crippen LogP contribution is -2.03. The number of nitrogens with two attached hydrogens (primary N) is 1. The van der Waals surface area contributed by atoms with Gasteiger partial charge < -0.3 is 10.1 Å². The van der Waals surface area contributed by atoms with E-state index in [1.807, 2.05) is 24.4 Å². The minimum Gasteiger partial charge on any atom is -0.395 e. The molecule has 0 saturated heterocycles. The molecule has 2 heterocycles. The van der Waals surface area contributed by atoms with Crippen molar-refractivity contribution < 1.29 is 4.79 Å². The van der Waals surface area contributed by atoms with Gasteiger partial charge >= 0.3 is 0 Å². The zero-order chi connectivity index (χ0) is 11.2. The molecule has 2 aromatic heterocycles. The van der Waals surface area contributed by atoms with Crippen LogP contribution in [0.3, 0.4) is 0 Å². The summed E-state index contributed by atoms with van der Waals surface area (Å²) >= 11 is 0. The highest BCUT2D eigenvalue weighted by Crippen LogP contribution is 2.21. The maximum Gasteiger partial charge on any atom is 0.162 e. The van der Waals surface area contributed by atoms with E-state index in [1.54, 1.807) is 6.07 Å². The molecule has 4 nitrogen and oxygen atoms in total. The van der Waals surface area contributed by atoms with Crippen LogP contribution in [0.1, 0.15) is 28.7 Å². The van der Waals surface area contributed by atoms with Crippen LogP contribution in [0.25, 0.3) is 5.65 Å². The lowest BCUT2D eigenvalue weighted by molar-refractivity contribution is 0.101. The number of Topliss-reactive ketones (excluding diaryl/α,β-unsaturated/α-hetero) is 1. The van der Waals surface area contributed by atoms with Crippen LogP contribution in [0.15, 0.2) is 12.3 Å². The molecule has 0 aromatic carbocycles. The molecule has 0 spiro atoms. The third-order valence-corrected chi connectivity index (χ3v) is 2.69. The number of carbonyl (C=O) groups is 1. The SMILES string of the molecule is CC(=O)c1ccn2c(C)c(C)nc2c1N. The minimum atomic E-state index is -0.0340. The Morgan fingerprint density at radius 2 is 2.13 bits per heavy atom. The number of aryl methyl sites for hydroxylation is 2. The van der Waals surface area contributed by atoms with Crippen molar-refractivity contribution in [3.05, 3.63) is 29.2 Å². The number of rotatable bonds is 1. The van der Waals surface area contributed by atoms with Crippen LogP contribution in [0.5, 0.6) is 0 Å². The zero-order valence-corrected chi connectivity index (χ0v) is 9.03. The van der Waals surface area contributed by atoms with E-state index < -0.39 is 0 Å². The Morgan fingerprint density at radius 3 is 2.73 bits per heavy atom. The highest BCUT2D eigenvalue weighted by molar-refractivity contribution is 6.01. The summed E-state index contributed by atoms with van der Waals surface area (Å²) in [5.41, 5.74) is 9.54. The van der Waals surface area contributed by atoms with Crippen LogP contribution in [-0.4, -0.2) is 15.2 Å². The Labute approximate surface area is 87.7 Å². The number of pyridine rings is 1. The second-order valence-electron chi connectivity index (χ2n) is 3.68. The fourth-order valence-electron chi connectivity index (χ4n) is 1.67. The average Bonchev–Trinajstić information content (AvgIpc) is 2.45. The molecule has 4 heteroatoms. The summed E-state index contributed by atoms with van der Waals surface area (Å²) in [7, 11) is 0. The van der Waals surface area contributed by atoms with E-state index >= 15 is 0 Å². The van der Waals surface area contributed by atoms with Gasteiger partial charge in [-0.05, 0) is 26.8 Å². The fourth-order valence-corrected chi connectivity index (χ4v) is 1.67. The summed E-state index contributed by atoms with van der Waals surface area (Å²) in [6.07, 6.45) is 1.83. The lowest BCUT2D eigenvalue weighted by Gasteiger charge is -2.04. The van der Waals surface area contributed by atoms with Gasteiger partial charge in [-0.3, -0.25) is 4.79 Å². The van der Waals surface area contributed by atoms with Crippen molar-refractivity contribution in [2.45, 2.75) is 20.8 Å². The first-order chi connectivity index (χ1) is 7.02. The van der Waals surface area contributed by atoms with Crippen molar-refractivity contribution in [3.63, 3.8) is 0 Å². The molecule has 0 saturated carbocycles. The van der Waals surface area contributed by atoms with Crippen LogP contribution < -0.4 is 5.73 Å². The number of hydrogen-bond acceptors (Lipinski definition) is 3. The molecule has 0 unspecified atom stereocenters. The number of hydrogen-bond donors (Lipinski definition) is 1. The molecule has 0 radical (unpaired) electrons. The van der Waals surface area contributed by atoms with Crippen LogP contribution in [-0.2, 0) is 0 Å². The van der Waals surface area contributed by atoms with Gasteiger partial charge in [-0.1, -0.05) is 0 Å². The Morgan fingerprint density at radius 1 is 1.47 bits per heavy atom. The molecule has 0 atom stereocenters. The Kier molecular flexibility index (Phi) is 2.00. The molecule has 2 rings (SSSR count). The van der Waals surface area contributed by atoms with Gasteiger partial charge in [-0.25, -0.2) is 4.98 Å². The fraction of sp³-hybridized carbons (Fsp3) is 0.273. The molecule has 2 aromatic rings. The standard InChI is InChI=1S/C11H13N3O/c1-6-7(2)14-5-4-9(8(3)15)10(12)11(14)13-6/h4-5H,12H2,1-3H3. The second-order valence-corrected chi connectivity index (χ2v) is 3.68. The summed E-state index contributed by atoms with van der Waals surface area (Å²) in [4.78, 5) is 15.6. The summed E-state index contributed by atoms with van der Waals surface area (Å²) in [6, 6.07) is 1.73. The summed E-state index contributed by atoms with van der Waals surface area (Å²) in [6.45, 7) is 5.41. The van der Waals surface area contributed by atoms with E-state index in [-0.39, 0.29) is 5.78 Å². The third kappa shape index (κ3) is 1.29. The number of nitrogen functional groups attached to an aromatic ring is 1. The van der Waals surface area contributed by atoms with E-state index in [4.69, 9.17) is 5.73 Å². The van der Waals surface area contributed by atoms with E-state index in [1.165, 1.54) is 6.92 Å². The number of carbonyl (C=O) groups excluding carboxylic acids is 1. The molecular weight excluding hydrogens is 190 g/mol. The first-order valence-corrected chi connectivity index (χ1v) is 4.77. The Bertz CT molecular complexity index is 554. The molecule has 15 heavy (non-hydrogen) atoms. The normalized spacial score (nSPS) is 10.9. The van der Waals surface area contributed by atoms with Gasteiger partial charge in [0.2, 0.25) is 0 Å². The van der Waals surface area contributed by atoms with Gasteiger partial charge in [-0.2, -0.15) is 0 Å². The monoisotopic (exact) mass is 203 g/mol. The van der Waals surface area contributed by atoms with Crippen molar-refractivity contribution in [1.82, 2.24) is 9.38 Å². The van der Waals surface area contributed by atoms with E-state index in [9.17, 15) is 4.79 Å². The highest BCUT2D eigenvalue weighted by Gasteiger charge is 2.12. The Balaban J connectivity index is 2.85. The predicted octanol–water partition coefficient (Wildman–Crippen LogP) is 1.74. The molecular formula is C11H13N3O. The topological polar surface area (TPSA) is 60.4 Å². The minimum absolute atomic E-state index is 0.0340. The molecule has 0 aliphatic heterocycles.